The molecule has 3 aromatic rings. The van der Waals surface area contributed by atoms with Crippen LogP contribution in [-0.4, -0.2) is 23.1 Å². The molecule has 1 aliphatic heterocycles. The number of methoxy groups -OCH3 is 1. The number of hydrogen-bond donors (Lipinski definition) is 1. The standard InChI is InChI=1S/C22H16ClN3O5S/c1-12-3-7-19(30-2)16(9-12)24-22-25-21(27)20(32-22)11-14-5-8-18(31-14)13-4-6-15(23)17(10-13)26(28)29/h3-11H,1-2H3,(H,24,25,27)/b20-11-. The number of carbonyl (C=O) groups excluding carboxylic acids is 1. The fourth-order valence-electron chi connectivity index (χ4n) is 3.00. The molecule has 1 N–H and O–H groups in total. The fraction of sp³-hybridized carbons (Fsp3) is 0.0909. The van der Waals surface area contributed by atoms with Crippen molar-refractivity contribution in [2.24, 2.45) is 4.99 Å². The van der Waals surface area contributed by atoms with Crippen LogP contribution in [0.2, 0.25) is 5.02 Å². The highest BCUT2D eigenvalue weighted by molar-refractivity contribution is 8.18. The zero-order valence-corrected chi connectivity index (χ0v) is 18.5. The molecular weight excluding hydrogens is 454 g/mol. The third-order valence-corrected chi connectivity index (χ3v) is 5.76. The van der Waals surface area contributed by atoms with Crippen molar-refractivity contribution < 1.29 is 18.9 Å². The predicted molar refractivity (Wildman–Crippen MR) is 124 cm³/mol. The molecule has 0 saturated carbocycles. The van der Waals surface area contributed by atoms with Crippen molar-refractivity contribution in [3.8, 4) is 17.1 Å². The number of furan rings is 1. The highest BCUT2D eigenvalue weighted by Crippen LogP contribution is 2.34. The summed E-state index contributed by atoms with van der Waals surface area (Å²) in [6.07, 6.45) is 1.59. The number of nitro groups is 1. The molecule has 2 aromatic carbocycles. The number of nitro benzene ring substituents is 1. The van der Waals surface area contributed by atoms with E-state index < -0.39 is 4.92 Å². The molecule has 0 spiro atoms. The molecule has 0 radical (unpaired) electrons. The lowest BCUT2D eigenvalue weighted by Crippen LogP contribution is -2.19. The highest BCUT2D eigenvalue weighted by Gasteiger charge is 2.25. The third-order valence-electron chi connectivity index (χ3n) is 4.53. The maximum absolute atomic E-state index is 12.4. The van der Waals surface area contributed by atoms with E-state index in [0.29, 0.717) is 38.6 Å². The van der Waals surface area contributed by atoms with Crippen LogP contribution in [0.5, 0.6) is 5.75 Å². The number of nitrogens with one attached hydrogen (secondary N) is 1. The van der Waals surface area contributed by atoms with E-state index in [1.54, 1.807) is 31.4 Å². The van der Waals surface area contributed by atoms with Gasteiger partial charge in [0.1, 0.15) is 28.0 Å². The van der Waals surface area contributed by atoms with Gasteiger partial charge in [-0.2, -0.15) is 0 Å². The van der Waals surface area contributed by atoms with Crippen molar-refractivity contribution in [1.29, 1.82) is 0 Å². The van der Waals surface area contributed by atoms with Crippen LogP contribution in [0, 0.1) is 17.0 Å². The van der Waals surface area contributed by atoms with Crippen LogP contribution in [0.1, 0.15) is 11.3 Å². The monoisotopic (exact) mass is 469 g/mol. The quantitative estimate of drug-likeness (QED) is 0.291. The molecule has 162 valence electrons. The molecule has 0 bridgehead atoms. The second-order valence-corrected chi connectivity index (χ2v) is 8.22. The lowest BCUT2D eigenvalue weighted by molar-refractivity contribution is -0.384. The summed E-state index contributed by atoms with van der Waals surface area (Å²) < 4.78 is 11.1. The Hall–Kier alpha value is -3.56. The summed E-state index contributed by atoms with van der Waals surface area (Å²) in [7, 11) is 1.56. The van der Waals surface area contributed by atoms with Gasteiger partial charge >= 0.3 is 0 Å². The first-order chi connectivity index (χ1) is 15.3. The first-order valence-electron chi connectivity index (χ1n) is 9.32. The number of halogens is 1. The van der Waals surface area contributed by atoms with E-state index in [0.717, 1.165) is 5.56 Å². The van der Waals surface area contributed by atoms with Gasteiger partial charge in [-0.25, -0.2) is 4.99 Å². The predicted octanol–water partition coefficient (Wildman–Crippen LogP) is 5.72. The second kappa shape index (κ2) is 8.89. The molecule has 0 atom stereocenters. The topological polar surface area (TPSA) is 107 Å². The smallest absolute Gasteiger partial charge is 0.288 e. The van der Waals surface area contributed by atoms with E-state index >= 15 is 0 Å². The number of thioether (sulfide) groups is 1. The average Bonchev–Trinajstić information content (AvgIpc) is 3.35. The number of benzene rings is 2. The number of ether oxygens (including phenoxy) is 1. The van der Waals surface area contributed by atoms with Crippen LogP contribution in [0.3, 0.4) is 0 Å². The minimum Gasteiger partial charge on any atom is -0.494 e. The largest absolute Gasteiger partial charge is 0.494 e. The van der Waals surface area contributed by atoms with Crippen molar-refractivity contribution in [3.63, 3.8) is 0 Å². The summed E-state index contributed by atoms with van der Waals surface area (Å²) in [6.45, 7) is 1.94. The maximum Gasteiger partial charge on any atom is 0.288 e. The second-order valence-electron chi connectivity index (χ2n) is 6.78. The van der Waals surface area contributed by atoms with Crippen LogP contribution < -0.4 is 10.1 Å². The van der Waals surface area contributed by atoms with Crippen molar-refractivity contribution in [2.75, 3.05) is 7.11 Å². The minimum absolute atomic E-state index is 0.0451. The van der Waals surface area contributed by atoms with Gasteiger partial charge in [0.25, 0.3) is 11.6 Å². The summed E-state index contributed by atoms with van der Waals surface area (Å²) in [5.74, 6) is 1.13. The minimum atomic E-state index is -0.554. The summed E-state index contributed by atoms with van der Waals surface area (Å²) in [5, 5.41) is 14.3. The number of rotatable bonds is 5. The molecule has 2 heterocycles. The summed E-state index contributed by atoms with van der Waals surface area (Å²) in [5.41, 5.74) is 1.92. The Balaban J connectivity index is 1.58. The number of hydrogen-bond acceptors (Lipinski definition) is 7. The van der Waals surface area contributed by atoms with Gasteiger partial charge in [0.2, 0.25) is 0 Å². The number of aliphatic imine (C=N–C) groups is 1. The molecule has 4 rings (SSSR count). The molecule has 8 nitrogen and oxygen atoms in total. The van der Waals surface area contributed by atoms with Gasteiger partial charge in [-0.05, 0) is 60.6 Å². The fourth-order valence-corrected chi connectivity index (χ4v) is 4.00. The number of aryl methyl sites for hydroxylation is 1. The van der Waals surface area contributed by atoms with Gasteiger partial charge in [0.05, 0.1) is 16.9 Å². The van der Waals surface area contributed by atoms with Crippen LogP contribution >= 0.6 is 23.4 Å². The summed E-state index contributed by atoms with van der Waals surface area (Å²) in [4.78, 5) is 27.8. The van der Waals surface area contributed by atoms with Crippen molar-refractivity contribution in [2.45, 2.75) is 6.92 Å². The number of amidine groups is 1. The van der Waals surface area contributed by atoms with Crippen molar-refractivity contribution >= 4 is 51.9 Å². The van der Waals surface area contributed by atoms with Crippen LogP contribution in [0.4, 0.5) is 11.4 Å². The Labute approximate surface area is 192 Å². The lowest BCUT2D eigenvalue weighted by Gasteiger charge is -2.05. The van der Waals surface area contributed by atoms with Gasteiger partial charge in [-0.3, -0.25) is 14.9 Å². The number of amides is 1. The van der Waals surface area contributed by atoms with Gasteiger partial charge in [-0.15, -0.1) is 0 Å². The summed E-state index contributed by atoms with van der Waals surface area (Å²) in [6, 6.07) is 13.4. The van der Waals surface area contributed by atoms with Crippen molar-refractivity contribution in [1.82, 2.24) is 5.32 Å². The SMILES string of the molecule is COc1ccc(C)cc1N=C1NC(=O)/C(=C/c2ccc(-c3ccc(Cl)c([N+](=O)[O-])c3)o2)S1. The zero-order chi connectivity index (χ0) is 22.8. The Morgan fingerprint density at radius 3 is 2.78 bits per heavy atom. The molecule has 1 aliphatic rings. The Morgan fingerprint density at radius 1 is 1.22 bits per heavy atom. The average molecular weight is 470 g/mol. The van der Waals surface area contributed by atoms with Gasteiger partial charge in [-0.1, -0.05) is 17.7 Å². The van der Waals surface area contributed by atoms with Crippen molar-refractivity contribution in [3.05, 3.63) is 79.9 Å². The van der Waals surface area contributed by atoms with Crippen LogP contribution in [0.15, 0.2) is 62.8 Å². The molecule has 1 amide bonds. The Kier molecular flexibility index (Phi) is 6.02. The van der Waals surface area contributed by atoms with E-state index in [4.69, 9.17) is 20.8 Å². The van der Waals surface area contributed by atoms with Gasteiger partial charge < -0.3 is 14.5 Å². The van der Waals surface area contributed by atoms with E-state index in [1.807, 2.05) is 25.1 Å². The van der Waals surface area contributed by atoms with E-state index in [2.05, 4.69) is 10.3 Å². The summed E-state index contributed by atoms with van der Waals surface area (Å²) >= 11 is 7.04. The number of carbonyl (C=O) groups is 1. The zero-order valence-electron chi connectivity index (χ0n) is 16.9. The molecule has 0 unspecified atom stereocenters. The first-order valence-corrected chi connectivity index (χ1v) is 10.5. The lowest BCUT2D eigenvalue weighted by atomic mass is 10.1. The highest BCUT2D eigenvalue weighted by atomic mass is 35.5. The molecule has 1 fully saturated rings. The first kappa shape index (κ1) is 21.7. The molecule has 0 aliphatic carbocycles. The molecule has 32 heavy (non-hydrogen) atoms. The Bertz CT molecular complexity index is 1300. The molecule has 1 saturated heterocycles. The third kappa shape index (κ3) is 4.53. The van der Waals surface area contributed by atoms with E-state index in [9.17, 15) is 14.9 Å². The van der Waals surface area contributed by atoms with E-state index in [-0.39, 0.29) is 16.6 Å². The van der Waals surface area contributed by atoms with Gasteiger partial charge in [0, 0.05) is 17.7 Å². The Morgan fingerprint density at radius 2 is 2.03 bits per heavy atom. The van der Waals surface area contributed by atoms with Crippen LogP contribution in [-0.2, 0) is 4.79 Å². The normalized spacial score (nSPS) is 15.9. The molecule has 10 heteroatoms. The molecular formula is C22H16ClN3O5S. The van der Waals surface area contributed by atoms with Gasteiger partial charge in [0.15, 0.2) is 5.17 Å². The van der Waals surface area contributed by atoms with Crippen LogP contribution in [0.25, 0.3) is 17.4 Å². The maximum atomic E-state index is 12.4. The number of nitrogens with zero attached hydrogens (tertiary/aromatic N) is 2. The molecule has 1 aromatic heterocycles. The van der Waals surface area contributed by atoms with E-state index in [1.165, 1.54) is 23.9 Å².